The van der Waals surface area contributed by atoms with Crippen LogP contribution in [0.25, 0.3) is 0 Å². The Balaban J connectivity index is 1.87. The molecule has 0 radical (unpaired) electrons. The zero-order valence-electron chi connectivity index (χ0n) is 10.7. The molecular formula is C12H24O4. The van der Waals surface area contributed by atoms with Gasteiger partial charge in [-0.3, -0.25) is 0 Å². The summed E-state index contributed by atoms with van der Waals surface area (Å²) in [4.78, 5) is 0. The number of hydrogen-bond acceptors (Lipinski definition) is 4. The van der Waals surface area contributed by atoms with E-state index < -0.39 is 0 Å². The van der Waals surface area contributed by atoms with Crippen molar-refractivity contribution in [3.05, 3.63) is 0 Å². The van der Waals surface area contributed by atoms with Crippen molar-refractivity contribution in [3.8, 4) is 0 Å². The van der Waals surface area contributed by atoms with E-state index in [0.29, 0.717) is 19.8 Å². The average Bonchev–Trinajstić information content (AvgIpc) is 2.23. The van der Waals surface area contributed by atoms with E-state index in [2.05, 4.69) is 0 Å². The Morgan fingerprint density at radius 3 is 2.38 bits per heavy atom. The molecule has 1 fully saturated rings. The van der Waals surface area contributed by atoms with Crippen LogP contribution in [-0.4, -0.2) is 44.9 Å². The minimum Gasteiger partial charge on any atom is -0.379 e. The highest BCUT2D eigenvalue weighted by molar-refractivity contribution is 4.58. The van der Waals surface area contributed by atoms with Gasteiger partial charge in [-0.25, -0.2) is 0 Å². The minimum absolute atomic E-state index is 0.0720. The summed E-state index contributed by atoms with van der Waals surface area (Å²) in [6, 6.07) is 0. The van der Waals surface area contributed by atoms with E-state index >= 15 is 0 Å². The van der Waals surface area contributed by atoms with Crippen molar-refractivity contribution in [1.82, 2.24) is 0 Å². The van der Waals surface area contributed by atoms with Crippen LogP contribution in [0, 0.1) is 0 Å². The molecule has 96 valence electrons. The van der Waals surface area contributed by atoms with Gasteiger partial charge in [-0.05, 0) is 27.2 Å². The molecule has 4 nitrogen and oxygen atoms in total. The van der Waals surface area contributed by atoms with Crippen LogP contribution in [0.15, 0.2) is 0 Å². The Hall–Kier alpha value is -0.160. The summed E-state index contributed by atoms with van der Waals surface area (Å²) in [6.07, 6.45) is 1.73. The largest absolute Gasteiger partial charge is 0.379 e. The van der Waals surface area contributed by atoms with E-state index in [0.717, 1.165) is 26.1 Å². The first-order valence-electron chi connectivity index (χ1n) is 6.03. The molecule has 0 unspecified atom stereocenters. The molecular weight excluding hydrogens is 208 g/mol. The van der Waals surface area contributed by atoms with Crippen molar-refractivity contribution >= 4 is 0 Å². The maximum Gasteiger partial charge on any atom is 0.159 e. The van der Waals surface area contributed by atoms with Crippen molar-refractivity contribution in [2.45, 2.75) is 45.5 Å². The Labute approximate surface area is 98.2 Å². The van der Waals surface area contributed by atoms with Gasteiger partial charge in [0, 0.05) is 6.42 Å². The van der Waals surface area contributed by atoms with Gasteiger partial charge in [0.05, 0.1) is 38.6 Å². The van der Waals surface area contributed by atoms with Gasteiger partial charge < -0.3 is 18.9 Å². The van der Waals surface area contributed by atoms with Crippen LogP contribution in [-0.2, 0) is 18.9 Å². The summed E-state index contributed by atoms with van der Waals surface area (Å²) >= 11 is 0. The van der Waals surface area contributed by atoms with Crippen LogP contribution in [0.3, 0.4) is 0 Å². The Morgan fingerprint density at radius 2 is 1.75 bits per heavy atom. The molecule has 1 rings (SSSR count). The van der Waals surface area contributed by atoms with E-state index in [-0.39, 0.29) is 11.9 Å². The van der Waals surface area contributed by atoms with E-state index in [4.69, 9.17) is 18.9 Å². The quantitative estimate of drug-likeness (QED) is 0.656. The number of hydrogen-bond donors (Lipinski definition) is 0. The second-order valence-corrected chi connectivity index (χ2v) is 4.89. The molecule has 1 aliphatic rings. The Bertz CT molecular complexity index is 170. The van der Waals surface area contributed by atoms with Gasteiger partial charge in [0.25, 0.3) is 0 Å². The monoisotopic (exact) mass is 232 g/mol. The normalized spacial score (nSPS) is 18.9. The van der Waals surface area contributed by atoms with Crippen LogP contribution in [0.2, 0.25) is 0 Å². The third-order valence-electron chi connectivity index (χ3n) is 2.16. The molecule has 0 aromatic heterocycles. The van der Waals surface area contributed by atoms with E-state index in [1.807, 2.05) is 20.8 Å². The smallest absolute Gasteiger partial charge is 0.159 e. The van der Waals surface area contributed by atoms with Crippen molar-refractivity contribution in [2.75, 3.05) is 33.0 Å². The fourth-order valence-corrected chi connectivity index (χ4v) is 1.39. The van der Waals surface area contributed by atoms with Crippen molar-refractivity contribution < 1.29 is 18.9 Å². The molecule has 0 aliphatic carbocycles. The molecule has 0 aromatic rings. The fourth-order valence-electron chi connectivity index (χ4n) is 1.39. The molecule has 0 spiro atoms. The molecule has 0 bridgehead atoms. The molecule has 0 amide bonds. The van der Waals surface area contributed by atoms with Crippen LogP contribution in [0.5, 0.6) is 0 Å². The third-order valence-corrected chi connectivity index (χ3v) is 2.16. The highest BCUT2D eigenvalue weighted by atomic mass is 16.7. The summed E-state index contributed by atoms with van der Waals surface area (Å²) in [6.45, 7) is 9.65. The molecule has 0 atom stereocenters. The van der Waals surface area contributed by atoms with Crippen LogP contribution < -0.4 is 0 Å². The summed E-state index contributed by atoms with van der Waals surface area (Å²) < 4.78 is 21.8. The van der Waals surface area contributed by atoms with Crippen molar-refractivity contribution in [1.29, 1.82) is 0 Å². The first-order valence-corrected chi connectivity index (χ1v) is 6.03. The lowest BCUT2D eigenvalue weighted by Crippen LogP contribution is -2.26. The molecule has 0 N–H and O–H groups in total. The topological polar surface area (TPSA) is 36.9 Å². The standard InChI is InChI=1S/C12H24O4/c1-12(2,3)16-10-9-13-8-5-11-14-6-4-7-15-11/h11H,4-10H2,1-3H3. The number of rotatable bonds is 6. The lowest BCUT2D eigenvalue weighted by atomic mass is 10.2. The summed E-state index contributed by atoms with van der Waals surface area (Å²) in [5.74, 6) is 0. The fraction of sp³-hybridized carbons (Fsp3) is 1.00. The summed E-state index contributed by atoms with van der Waals surface area (Å²) in [5, 5.41) is 0. The highest BCUT2D eigenvalue weighted by Gasteiger charge is 2.13. The van der Waals surface area contributed by atoms with Crippen molar-refractivity contribution in [2.24, 2.45) is 0 Å². The molecule has 0 aromatic carbocycles. The zero-order valence-corrected chi connectivity index (χ0v) is 10.7. The lowest BCUT2D eigenvalue weighted by Gasteiger charge is -2.23. The Morgan fingerprint density at radius 1 is 1.06 bits per heavy atom. The second-order valence-electron chi connectivity index (χ2n) is 4.89. The van der Waals surface area contributed by atoms with Gasteiger partial charge in [-0.1, -0.05) is 0 Å². The van der Waals surface area contributed by atoms with Crippen LogP contribution >= 0.6 is 0 Å². The Kier molecular flexibility index (Phi) is 6.28. The SMILES string of the molecule is CC(C)(C)OCCOCCC1OCCCO1. The average molecular weight is 232 g/mol. The molecule has 1 aliphatic heterocycles. The van der Waals surface area contributed by atoms with Gasteiger partial charge in [-0.2, -0.15) is 0 Å². The minimum atomic E-state index is -0.0844. The molecule has 16 heavy (non-hydrogen) atoms. The first kappa shape index (κ1) is 13.9. The maximum absolute atomic E-state index is 5.53. The van der Waals surface area contributed by atoms with Crippen molar-refractivity contribution in [3.63, 3.8) is 0 Å². The molecule has 1 saturated heterocycles. The van der Waals surface area contributed by atoms with Crippen LogP contribution in [0.4, 0.5) is 0 Å². The summed E-state index contributed by atoms with van der Waals surface area (Å²) in [7, 11) is 0. The predicted molar refractivity (Wildman–Crippen MR) is 61.5 cm³/mol. The van der Waals surface area contributed by atoms with Gasteiger partial charge in [0.15, 0.2) is 6.29 Å². The molecule has 4 heteroatoms. The van der Waals surface area contributed by atoms with Gasteiger partial charge in [0.1, 0.15) is 0 Å². The zero-order chi connectivity index (χ0) is 11.9. The molecule has 1 heterocycles. The van der Waals surface area contributed by atoms with E-state index in [9.17, 15) is 0 Å². The van der Waals surface area contributed by atoms with Crippen LogP contribution in [0.1, 0.15) is 33.6 Å². The second kappa shape index (κ2) is 7.22. The van der Waals surface area contributed by atoms with E-state index in [1.54, 1.807) is 0 Å². The van der Waals surface area contributed by atoms with E-state index in [1.165, 1.54) is 0 Å². The van der Waals surface area contributed by atoms with Gasteiger partial charge in [-0.15, -0.1) is 0 Å². The maximum atomic E-state index is 5.53. The first-order chi connectivity index (χ1) is 7.58. The van der Waals surface area contributed by atoms with Gasteiger partial charge >= 0.3 is 0 Å². The molecule has 0 saturated carbocycles. The number of ether oxygens (including phenoxy) is 4. The third kappa shape index (κ3) is 7.17. The van der Waals surface area contributed by atoms with Gasteiger partial charge in [0.2, 0.25) is 0 Å². The summed E-state index contributed by atoms with van der Waals surface area (Å²) in [5.41, 5.74) is -0.0844. The highest BCUT2D eigenvalue weighted by Crippen LogP contribution is 2.09. The lowest BCUT2D eigenvalue weighted by molar-refractivity contribution is -0.186. The predicted octanol–water partition coefficient (Wildman–Crippen LogP) is 1.97.